The highest BCUT2D eigenvalue weighted by Crippen LogP contribution is 2.40. The average molecular weight is 359 g/mol. The van der Waals surface area contributed by atoms with Gasteiger partial charge >= 0.3 is 0 Å². The molecule has 0 aliphatic rings. The first kappa shape index (κ1) is 18.9. The SMILES string of the molecule is NC(=O)CCCCOC(c1ccccc1)(c1ccccc1)c1ccccc1. The first-order chi connectivity index (χ1) is 13.2. The molecule has 0 aliphatic carbocycles. The Balaban J connectivity index is 2.02. The smallest absolute Gasteiger partial charge is 0.217 e. The molecule has 0 spiro atoms. The van der Waals surface area contributed by atoms with Gasteiger partial charge in [-0.1, -0.05) is 91.0 Å². The van der Waals surface area contributed by atoms with Crippen LogP contribution in [0.3, 0.4) is 0 Å². The lowest BCUT2D eigenvalue weighted by atomic mass is 9.80. The number of benzene rings is 3. The van der Waals surface area contributed by atoms with E-state index < -0.39 is 5.60 Å². The first-order valence-electron chi connectivity index (χ1n) is 9.32. The Bertz CT molecular complexity index is 735. The van der Waals surface area contributed by atoms with E-state index in [2.05, 4.69) is 36.4 Å². The van der Waals surface area contributed by atoms with Crippen LogP contribution in [0.2, 0.25) is 0 Å². The Labute approximate surface area is 160 Å². The van der Waals surface area contributed by atoms with Crippen LogP contribution in [0.1, 0.15) is 36.0 Å². The quantitative estimate of drug-likeness (QED) is 0.446. The number of ether oxygens (including phenoxy) is 1. The van der Waals surface area contributed by atoms with Gasteiger partial charge in [-0.2, -0.15) is 0 Å². The van der Waals surface area contributed by atoms with Crippen molar-refractivity contribution in [2.24, 2.45) is 5.73 Å². The monoisotopic (exact) mass is 359 g/mol. The normalized spacial score (nSPS) is 11.3. The molecule has 3 heteroatoms. The van der Waals surface area contributed by atoms with Crippen molar-refractivity contribution in [1.29, 1.82) is 0 Å². The van der Waals surface area contributed by atoms with E-state index in [1.807, 2.05) is 54.6 Å². The van der Waals surface area contributed by atoms with E-state index in [9.17, 15) is 4.79 Å². The molecule has 0 heterocycles. The minimum Gasteiger partial charge on any atom is -0.370 e. The van der Waals surface area contributed by atoms with E-state index in [1.54, 1.807) is 0 Å². The average Bonchev–Trinajstić information content (AvgIpc) is 2.73. The first-order valence-corrected chi connectivity index (χ1v) is 9.32. The summed E-state index contributed by atoms with van der Waals surface area (Å²) >= 11 is 0. The van der Waals surface area contributed by atoms with Crippen LogP contribution in [0.15, 0.2) is 91.0 Å². The molecule has 0 radical (unpaired) electrons. The Morgan fingerprint density at radius 1 is 0.704 bits per heavy atom. The number of nitrogens with two attached hydrogens (primary N) is 1. The van der Waals surface area contributed by atoms with Crippen LogP contribution in [0, 0.1) is 0 Å². The minimum absolute atomic E-state index is 0.268. The molecule has 0 aromatic heterocycles. The van der Waals surface area contributed by atoms with E-state index in [0.717, 1.165) is 29.5 Å². The zero-order valence-corrected chi connectivity index (χ0v) is 15.4. The van der Waals surface area contributed by atoms with Crippen molar-refractivity contribution in [3.05, 3.63) is 108 Å². The van der Waals surface area contributed by atoms with E-state index in [-0.39, 0.29) is 5.91 Å². The van der Waals surface area contributed by atoms with Gasteiger partial charge in [0.25, 0.3) is 0 Å². The lowest BCUT2D eigenvalue weighted by Gasteiger charge is -2.36. The van der Waals surface area contributed by atoms with Crippen molar-refractivity contribution < 1.29 is 9.53 Å². The molecule has 0 fully saturated rings. The largest absolute Gasteiger partial charge is 0.370 e. The van der Waals surface area contributed by atoms with Gasteiger partial charge in [-0.15, -0.1) is 0 Å². The third-order valence-electron chi connectivity index (χ3n) is 4.68. The molecule has 0 saturated heterocycles. The van der Waals surface area contributed by atoms with Crippen molar-refractivity contribution in [2.75, 3.05) is 6.61 Å². The number of hydrogen-bond donors (Lipinski definition) is 1. The van der Waals surface area contributed by atoms with Gasteiger partial charge in [0.05, 0.1) is 0 Å². The number of carbonyl (C=O) groups is 1. The van der Waals surface area contributed by atoms with Crippen LogP contribution in [0.25, 0.3) is 0 Å². The van der Waals surface area contributed by atoms with Crippen molar-refractivity contribution in [3.8, 4) is 0 Å². The highest BCUT2D eigenvalue weighted by Gasteiger charge is 2.37. The third-order valence-corrected chi connectivity index (χ3v) is 4.68. The van der Waals surface area contributed by atoms with Crippen molar-refractivity contribution >= 4 is 5.91 Å². The number of carbonyl (C=O) groups excluding carboxylic acids is 1. The fourth-order valence-electron chi connectivity index (χ4n) is 3.40. The zero-order chi connectivity index (χ0) is 19.0. The van der Waals surface area contributed by atoms with E-state index in [4.69, 9.17) is 10.5 Å². The molecule has 0 aliphatic heterocycles. The predicted octanol–water partition coefficient (Wildman–Crippen LogP) is 4.65. The van der Waals surface area contributed by atoms with Crippen molar-refractivity contribution in [2.45, 2.75) is 24.9 Å². The molecule has 1 amide bonds. The fourth-order valence-corrected chi connectivity index (χ4v) is 3.40. The molecule has 3 aromatic carbocycles. The molecule has 0 saturated carbocycles. The van der Waals surface area contributed by atoms with Crippen molar-refractivity contribution in [3.63, 3.8) is 0 Å². The van der Waals surface area contributed by atoms with Gasteiger partial charge in [-0.3, -0.25) is 4.79 Å². The second-order valence-corrected chi connectivity index (χ2v) is 6.55. The Morgan fingerprint density at radius 3 is 1.48 bits per heavy atom. The van der Waals surface area contributed by atoms with Gasteiger partial charge in [0.15, 0.2) is 0 Å². The summed E-state index contributed by atoms with van der Waals surface area (Å²) in [7, 11) is 0. The number of amides is 1. The maximum atomic E-state index is 11.0. The summed E-state index contributed by atoms with van der Waals surface area (Å²) in [6.45, 7) is 0.534. The standard InChI is InChI=1S/C24H25NO2/c25-23(26)18-10-11-19-27-24(20-12-4-1-5-13-20,21-14-6-2-7-15-21)22-16-8-3-9-17-22/h1-9,12-17H,10-11,18-19H2,(H2,25,26). The number of unbranched alkanes of at least 4 members (excludes halogenated alkanes) is 1. The Kier molecular flexibility index (Phi) is 6.39. The molecule has 3 rings (SSSR count). The van der Waals surface area contributed by atoms with Gasteiger partial charge in [0, 0.05) is 13.0 Å². The van der Waals surface area contributed by atoms with E-state index in [0.29, 0.717) is 13.0 Å². The number of hydrogen-bond acceptors (Lipinski definition) is 2. The zero-order valence-electron chi connectivity index (χ0n) is 15.4. The molecule has 2 N–H and O–H groups in total. The second-order valence-electron chi connectivity index (χ2n) is 6.55. The summed E-state index contributed by atoms with van der Waals surface area (Å²) in [5.41, 5.74) is 7.80. The van der Waals surface area contributed by atoms with Crippen molar-refractivity contribution in [1.82, 2.24) is 0 Å². The molecule has 0 unspecified atom stereocenters. The molecular weight excluding hydrogens is 334 g/mol. The topological polar surface area (TPSA) is 52.3 Å². The summed E-state index contributed by atoms with van der Waals surface area (Å²) in [6.07, 6.45) is 1.89. The molecule has 3 aromatic rings. The second kappa shape index (κ2) is 9.15. The summed E-state index contributed by atoms with van der Waals surface area (Å²) < 4.78 is 6.62. The highest BCUT2D eigenvalue weighted by molar-refractivity contribution is 5.73. The maximum Gasteiger partial charge on any atom is 0.217 e. The van der Waals surface area contributed by atoms with Crippen LogP contribution >= 0.6 is 0 Å². The molecular formula is C24H25NO2. The van der Waals surface area contributed by atoms with Crippen LogP contribution in [0.4, 0.5) is 0 Å². The Hall–Kier alpha value is -2.91. The van der Waals surface area contributed by atoms with Crippen LogP contribution in [0.5, 0.6) is 0 Å². The molecule has 0 bridgehead atoms. The molecule has 3 nitrogen and oxygen atoms in total. The van der Waals surface area contributed by atoms with Gasteiger partial charge < -0.3 is 10.5 Å². The summed E-state index contributed by atoms with van der Waals surface area (Å²) in [5, 5.41) is 0. The lowest BCUT2D eigenvalue weighted by Crippen LogP contribution is -2.33. The highest BCUT2D eigenvalue weighted by atomic mass is 16.5. The summed E-state index contributed by atoms with van der Waals surface area (Å²) in [6, 6.07) is 30.8. The number of rotatable bonds is 9. The molecule has 138 valence electrons. The van der Waals surface area contributed by atoms with E-state index in [1.165, 1.54) is 0 Å². The number of primary amides is 1. The summed E-state index contributed by atoms with van der Waals surface area (Å²) in [4.78, 5) is 11.0. The fraction of sp³-hybridized carbons (Fsp3) is 0.208. The van der Waals surface area contributed by atoms with Gasteiger partial charge in [-0.05, 0) is 29.5 Å². The predicted molar refractivity (Wildman–Crippen MR) is 108 cm³/mol. The minimum atomic E-state index is -0.698. The maximum absolute atomic E-state index is 11.0. The van der Waals surface area contributed by atoms with Gasteiger partial charge in [0.1, 0.15) is 5.60 Å². The van der Waals surface area contributed by atoms with Gasteiger partial charge in [-0.25, -0.2) is 0 Å². The third kappa shape index (κ3) is 4.44. The summed E-state index contributed by atoms with van der Waals surface area (Å²) in [5.74, 6) is -0.268. The van der Waals surface area contributed by atoms with Crippen LogP contribution in [-0.4, -0.2) is 12.5 Å². The molecule has 0 atom stereocenters. The van der Waals surface area contributed by atoms with E-state index >= 15 is 0 Å². The van der Waals surface area contributed by atoms with Gasteiger partial charge in [0.2, 0.25) is 5.91 Å². The Morgan fingerprint density at radius 2 is 1.11 bits per heavy atom. The van der Waals surface area contributed by atoms with Crippen LogP contribution < -0.4 is 5.73 Å². The lowest BCUT2D eigenvalue weighted by molar-refractivity contribution is -0.118. The van der Waals surface area contributed by atoms with Crippen LogP contribution in [-0.2, 0) is 15.1 Å². The molecule has 27 heavy (non-hydrogen) atoms.